The van der Waals surface area contributed by atoms with E-state index in [0.29, 0.717) is 24.5 Å². The van der Waals surface area contributed by atoms with Crippen molar-refractivity contribution in [1.29, 1.82) is 0 Å². The number of hydrogen-bond acceptors (Lipinski definition) is 6. The third kappa shape index (κ3) is 3.58. The van der Waals surface area contributed by atoms with Crippen LogP contribution in [0.3, 0.4) is 0 Å². The Morgan fingerprint density at radius 2 is 2.20 bits per heavy atom. The summed E-state index contributed by atoms with van der Waals surface area (Å²) in [6.45, 7) is 0.491. The van der Waals surface area contributed by atoms with Crippen LogP contribution >= 0.6 is 11.8 Å². The summed E-state index contributed by atoms with van der Waals surface area (Å²) in [5.41, 5.74) is 0.580. The first-order valence-electron chi connectivity index (χ1n) is 6.00. The Morgan fingerprint density at radius 3 is 2.95 bits per heavy atom. The van der Waals surface area contributed by atoms with E-state index in [9.17, 15) is 4.79 Å². The molecule has 2 aromatic rings. The number of rotatable bonds is 6. The number of carbonyl (C=O) groups is 1. The van der Waals surface area contributed by atoms with Gasteiger partial charge < -0.3 is 9.15 Å². The third-order valence-corrected chi connectivity index (χ3v) is 3.35. The molecule has 7 heteroatoms. The molecule has 0 aliphatic heterocycles. The van der Waals surface area contributed by atoms with Gasteiger partial charge in [-0.15, -0.1) is 16.9 Å². The monoisotopic (exact) mass is 293 g/mol. The zero-order valence-corrected chi connectivity index (χ0v) is 12.1. The van der Waals surface area contributed by atoms with Crippen molar-refractivity contribution in [3.63, 3.8) is 0 Å². The smallest absolute Gasteiger partial charge is 0.322 e. The van der Waals surface area contributed by atoms with Gasteiger partial charge in [0.25, 0.3) is 5.91 Å². The fourth-order valence-electron chi connectivity index (χ4n) is 1.59. The van der Waals surface area contributed by atoms with E-state index in [1.165, 1.54) is 11.8 Å². The molecule has 6 nitrogen and oxygen atoms in total. The van der Waals surface area contributed by atoms with E-state index in [1.54, 1.807) is 13.2 Å². The fourth-order valence-corrected chi connectivity index (χ4v) is 2.19. The molecule has 1 aromatic carbocycles. The molecule has 0 saturated carbocycles. The zero-order chi connectivity index (χ0) is 14.4. The molecule has 1 aromatic heterocycles. The first-order valence-corrected chi connectivity index (χ1v) is 7.22. The molecule has 0 fully saturated rings. The van der Waals surface area contributed by atoms with Crippen molar-refractivity contribution >= 4 is 23.7 Å². The molecule has 0 radical (unpaired) electrons. The maximum Gasteiger partial charge on any atom is 0.322 e. The minimum atomic E-state index is -0.267. The molecule has 2 rings (SSSR count). The van der Waals surface area contributed by atoms with Crippen molar-refractivity contribution < 1.29 is 13.9 Å². The lowest BCUT2D eigenvalue weighted by molar-refractivity contribution is 0.102. The number of ether oxygens (including phenoxy) is 1. The Morgan fingerprint density at radius 1 is 1.40 bits per heavy atom. The molecule has 1 heterocycles. The highest BCUT2D eigenvalue weighted by Gasteiger charge is 2.14. The molecular formula is C13H15N3O3S. The van der Waals surface area contributed by atoms with Crippen molar-refractivity contribution in [1.82, 2.24) is 10.2 Å². The first kappa shape index (κ1) is 14.5. The van der Waals surface area contributed by atoms with E-state index in [0.717, 1.165) is 4.90 Å². The van der Waals surface area contributed by atoms with Crippen LogP contribution in [-0.2, 0) is 11.2 Å². The minimum absolute atomic E-state index is 0.0945. The second kappa shape index (κ2) is 7.06. The van der Waals surface area contributed by atoms with Gasteiger partial charge in [-0.05, 0) is 18.4 Å². The number of thioether (sulfide) groups is 1. The summed E-state index contributed by atoms with van der Waals surface area (Å²) in [6, 6.07) is 7.43. The number of hydrogen-bond donors (Lipinski definition) is 1. The van der Waals surface area contributed by atoms with Gasteiger partial charge in [0.05, 0.1) is 12.2 Å². The maximum atomic E-state index is 12.1. The predicted octanol–water partition coefficient (Wildman–Crippen LogP) is 2.23. The molecule has 0 spiro atoms. The topological polar surface area (TPSA) is 77.3 Å². The zero-order valence-electron chi connectivity index (χ0n) is 11.3. The van der Waals surface area contributed by atoms with Crippen LogP contribution in [0.25, 0.3) is 0 Å². The van der Waals surface area contributed by atoms with Crippen molar-refractivity contribution in [2.45, 2.75) is 11.3 Å². The Kier molecular flexibility index (Phi) is 5.14. The van der Waals surface area contributed by atoms with Gasteiger partial charge in [-0.1, -0.05) is 17.2 Å². The maximum absolute atomic E-state index is 12.1. The molecular weight excluding hydrogens is 278 g/mol. The van der Waals surface area contributed by atoms with Gasteiger partial charge in [-0.2, -0.15) is 0 Å². The molecule has 1 amide bonds. The van der Waals surface area contributed by atoms with Crippen molar-refractivity contribution in [2.24, 2.45) is 0 Å². The number of aromatic nitrogens is 2. The van der Waals surface area contributed by atoms with Gasteiger partial charge in [-0.25, -0.2) is 0 Å². The van der Waals surface area contributed by atoms with Gasteiger partial charge in [-0.3, -0.25) is 10.1 Å². The molecule has 0 unspecified atom stereocenters. The Labute approximate surface area is 120 Å². The van der Waals surface area contributed by atoms with Crippen LogP contribution in [0, 0.1) is 0 Å². The van der Waals surface area contributed by atoms with Crippen LogP contribution in [-0.4, -0.2) is 36.1 Å². The van der Waals surface area contributed by atoms with E-state index >= 15 is 0 Å². The number of methoxy groups -OCH3 is 1. The summed E-state index contributed by atoms with van der Waals surface area (Å²) in [7, 11) is 1.60. The van der Waals surface area contributed by atoms with E-state index in [1.807, 2.05) is 24.5 Å². The molecule has 106 valence electrons. The molecule has 0 saturated heterocycles. The molecule has 0 aliphatic carbocycles. The Hall–Kier alpha value is -1.86. The van der Waals surface area contributed by atoms with Gasteiger partial charge in [0.1, 0.15) is 0 Å². The predicted molar refractivity (Wildman–Crippen MR) is 76.1 cm³/mol. The summed E-state index contributed by atoms with van der Waals surface area (Å²) in [5.74, 6) is 0.164. The van der Waals surface area contributed by atoms with Crippen molar-refractivity contribution in [2.75, 3.05) is 25.3 Å². The van der Waals surface area contributed by atoms with Gasteiger partial charge >= 0.3 is 6.01 Å². The summed E-state index contributed by atoms with van der Waals surface area (Å²) >= 11 is 1.51. The second-order valence-corrected chi connectivity index (χ2v) is 4.75. The van der Waals surface area contributed by atoms with E-state index in [4.69, 9.17) is 9.15 Å². The van der Waals surface area contributed by atoms with E-state index in [-0.39, 0.29) is 11.9 Å². The highest BCUT2D eigenvalue weighted by Crippen LogP contribution is 2.20. The largest absolute Gasteiger partial charge is 0.408 e. The summed E-state index contributed by atoms with van der Waals surface area (Å²) in [6.07, 6.45) is 2.43. The van der Waals surface area contributed by atoms with Gasteiger partial charge in [0.2, 0.25) is 5.89 Å². The normalized spacial score (nSPS) is 10.5. The van der Waals surface area contributed by atoms with Crippen molar-refractivity contribution in [3.05, 3.63) is 35.7 Å². The van der Waals surface area contributed by atoms with Gasteiger partial charge in [0, 0.05) is 18.4 Å². The summed E-state index contributed by atoms with van der Waals surface area (Å²) < 4.78 is 10.2. The Balaban J connectivity index is 2.05. The molecule has 0 aliphatic rings. The average Bonchev–Trinajstić information content (AvgIpc) is 2.92. The van der Waals surface area contributed by atoms with Crippen molar-refractivity contribution in [3.8, 4) is 0 Å². The molecule has 0 atom stereocenters. The van der Waals surface area contributed by atoms with Crippen LogP contribution in [0.2, 0.25) is 0 Å². The van der Waals surface area contributed by atoms with E-state index in [2.05, 4.69) is 15.5 Å². The van der Waals surface area contributed by atoms with Crippen LogP contribution in [0.4, 0.5) is 6.01 Å². The lowest BCUT2D eigenvalue weighted by atomic mass is 10.2. The second-order valence-electron chi connectivity index (χ2n) is 3.90. The van der Waals surface area contributed by atoms with E-state index < -0.39 is 0 Å². The first-order chi connectivity index (χ1) is 9.74. The third-order valence-electron chi connectivity index (χ3n) is 2.56. The fraction of sp³-hybridized carbons (Fsp3) is 0.308. The SMILES string of the molecule is COCCc1nnc(NC(=O)c2ccccc2SC)o1. The summed E-state index contributed by atoms with van der Waals surface area (Å²) in [4.78, 5) is 13.0. The lowest BCUT2D eigenvalue weighted by Crippen LogP contribution is -2.13. The van der Waals surface area contributed by atoms with Crippen LogP contribution in [0.1, 0.15) is 16.2 Å². The number of anilines is 1. The molecule has 20 heavy (non-hydrogen) atoms. The molecule has 0 bridgehead atoms. The quantitative estimate of drug-likeness (QED) is 0.823. The number of benzene rings is 1. The highest BCUT2D eigenvalue weighted by atomic mass is 32.2. The highest BCUT2D eigenvalue weighted by molar-refractivity contribution is 7.98. The average molecular weight is 293 g/mol. The number of amides is 1. The number of nitrogens with one attached hydrogen (secondary N) is 1. The van der Waals surface area contributed by atoms with Crippen LogP contribution in [0.5, 0.6) is 0 Å². The minimum Gasteiger partial charge on any atom is -0.408 e. The van der Waals surface area contributed by atoms with Crippen LogP contribution < -0.4 is 5.32 Å². The lowest BCUT2D eigenvalue weighted by Gasteiger charge is -2.05. The standard InChI is InChI=1S/C13H15N3O3S/c1-18-8-7-11-15-16-13(19-11)14-12(17)9-5-3-4-6-10(9)20-2/h3-6H,7-8H2,1-2H3,(H,14,16,17). The Bertz CT molecular complexity index is 586. The number of nitrogens with zero attached hydrogens (tertiary/aromatic N) is 2. The number of carbonyl (C=O) groups excluding carboxylic acids is 1. The summed E-state index contributed by atoms with van der Waals surface area (Å²) in [5, 5.41) is 10.2. The van der Waals surface area contributed by atoms with Crippen LogP contribution in [0.15, 0.2) is 33.6 Å². The van der Waals surface area contributed by atoms with Gasteiger partial charge in [0.15, 0.2) is 0 Å². The molecule has 1 N–H and O–H groups in total.